The minimum atomic E-state index is -0.381. The van der Waals surface area contributed by atoms with Crippen LogP contribution in [0.25, 0.3) is 0 Å². The predicted octanol–water partition coefficient (Wildman–Crippen LogP) is 4.94. The van der Waals surface area contributed by atoms with Crippen molar-refractivity contribution in [1.29, 1.82) is 5.26 Å². The lowest BCUT2D eigenvalue weighted by Gasteiger charge is -2.27. The Bertz CT molecular complexity index is 490. The number of hydrogen-bond donors (Lipinski definition) is 0. The molecule has 0 amide bonds. The van der Waals surface area contributed by atoms with E-state index in [2.05, 4.69) is 19.1 Å². The Morgan fingerprint density at radius 2 is 2.05 bits per heavy atom. The zero-order chi connectivity index (χ0) is 13.7. The minimum Gasteiger partial charge on any atom is -0.206 e. The standard InChI is InChI=1S/C17H20FN/c1-2-3-4-13-5-7-14(8-6-13)15-9-10-16(12-19)17(18)11-15/h3-4,9-11,13-14H,2,5-8H2,1H3/b4-3+/t13-,14-. The Hall–Kier alpha value is -1.62. The van der Waals surface area contributed by atoms with E-state index in [0.29, 0.717) is 11.8 Å². The number of benzene rings is 1. The van der Waals surface area contributed by atoms with Gasteiger partial charge in [0, 0.05) is 0 Å². The third kappa shape index (κ3) is 3.44. The molecule has 0 saturated heterocycles. The second-order valence-corrected chi connectivity index (χ2v) is 5.30. The second kappa shape index (κ2) is 6.52. The molecular weight excluding hydrogens is 237 g/mol. The van der Waals surface area contributed by atoms with E-state index in [0.717, 1.165) is 24.8 Å². The lowest BCUT2D eigenvalue weighted by atomic mass is 9.78. The van der Waals surface area contributed by atoms with Crippen LogP contribution in [0.5, 0.6) is 0 Å². The van der Waals surface area contributed by atoms with Crippen LogP contribution in [0.15, 0.2) is 30.4 Å². The number of rotatable bonds is 3. The summed E-state index contributed by atoms with van der Waals surface area (Å²) in [4.78, 5) is 0. The maximum absolute atomic E-state index is 13.6. The third-order valence-corrected chi connectivity index (χ3v) is 4.00. The van der Waals surface area contributed by atoms with Crippen LogP contribution in [0.3, 0.4) is 0 Å². The van der Waals surface area contributed by atoms with Gasteiger partial charge in [-0.2, -0.15) is 5.26 Å². The Morgan fingerprint density at radius 3 is 2.63 bits per heavy atom. The summed E-state index contributed by atoms with van der Waals surface area (Å²) in [5, 5.41) is 8.74. The molecule has 0 atom stereocenters. The molecule has 1 fully saturated rings. The first-order chi connectivity index (χ1) is 9.24. The van der Waals surface area contributed by atoms with E-state index in [1.807, 2.05) is 12.1 Å². The molecule has 1 saturated carbocycles. The first kappa shape index (κ1) is 13.8. The summed E-state index contributed by atoms with van der Waals surface area (Å²) in [5.41, 5.74) is 1.19. The largest absolute Gasteiger partial charge is 0.206 e. The maximum Gasteiger partial charge on any atom is 0.141 e. The van der Waals surface area contributed by atoms with Crippen molar-refractivity contribution in [2.45, 2.75) is 44.9 Å². The zero-order valence-corrected chi connectivity index (χ0v) is 11.4. The van der Waals surface area contributed by atoms with Crippen molar-refractivity contribution >= 4 is 0 Å². The summed E-state index contributed by atoms with van der Waals surface area (Å²) in [6.07, 6.45) is 10.3. The van der Waals surface area contributed by atoms with Gasteiger partial charge in [-0.05, 0) is 61.6 Å². The molecule has 1 aromatic rings. The maximum atomic E-state index is 13.6. The first-order valence-electron chi connectivity index (χ1n) is 7.10. The Labute approximate surface area is 114 Å². The van der Waals surface area contributed by atoms with Gasteiger partial charge < -0.3 is 0 Å². The summed E-state index contributed by atoms with van der Waals surface area (Å²) in [6.45, 7) is 2.15. The van der Waals surface area contributed by atoms with E-state index >= 15 is 0 Å². The van der Waals surface area contributed by atoms with Crippen LogP contribution in [-0.2, 0) is 0 Å². The van der Waals surface area contributed by atoms with Crippen molar-refractivity contribution in [3.8, 4) is 6.07 Å². The molecule has 0 N–H and O–H groups in total. The fraction of sp³-hybridized carbons (Fsp3) is 0.471. The molecule has 1 nitrogen and oxygen atoms in total. The summed E-state index contributed by atoms with van der Waals surface area (Å²) in [5.74, 6) is 0.765. The van der Waals surface area contributed by atoms with Crippen molar-refractivity contribution in [3.05, 3.63) is 47.3 Å². The lowest BCUT2D eigenvalue weighted by molar-refractivity contribution is 0.374. The van der Waals surface area contributed by atoms with Gasteiger partial charge >= 0.3 is 0 Å². The van der Waals surface area contributed by atoms with Gasteiger partial charge in [-0.1, -0.05) is 25.1 Å². The van der Waals surface area contributed by atoms with Gasteiger partial charge in [-0.25, -0.2) is 4.39 Å². The highest BCUT2D eigenvalue weighted by atomic mass is 19.1. The Morgan fingerprint density at radius 1 is 1.32 bits per heavy atom. The van der Waals surface area contributed by atoms with E-state index in [4.69, 9.17) is 5.26 Å². The van der Waals surface area contributed by atoms with Gasteiger partial charge in [-0.3, -0.25) is 0 Å². The first-order valence-corrected chi connectivity index (χ1v) is 7.10. The molecule has 0 bridgehead atoms. The number of halogens is 1. The molecule has 0 unspecified atom stereocenters. The average molecular weight is 257 g/mol. The topological polar surface area (TPSA) is 23.8 Å². The molecule has 19 heavy (non-hydrogen) atoms. The van der Waals surface area contributed by atoms with Crippen LogP contribution in [0, 0.1) is 23.1 Å². The summed E-state index contributed by atoms with van der Waals surface area (Å²) in [6, 6.07) is 6.93. The van der Waals surface area contributed by atoms with Crippen molar-refractivity contribution in [1.82, 2.24) is 0 Å². The van der Waals surface area contributed by atoms with Crippen molar-refractivity contribution in [3.63, 3.8) is 0 Å². The Balaban J connectivity index is 2.00. The fourth-order valence-electron chi connectivity index (χ4n) is 2.85. The van der Waals surface area contributed by atoms with Gasteiger partial charge in [0.2, 0.25) is 0 Å². The molecule has 0 heterocycles. The molecule has 0 aliphatic heterocycles. The van der Waals surface area contributed by atoms with Gasteiger partial charge in [0.15, 0.2) is 0 Å². The summed E-state index contributed by atoms with van der Waals surface area (Å²) >= 11 is 0. The quantitative estimate of drug-likeness (QED) is 0.704. The number of nitriles is 1. The van der Waals surface area contributed by atoms with Crippen LogP contribution in [-0.4, -0.2) is 0 Å². The van der Waals surface area contributed by atoms with Crippen LogP contribution in [0.4, 0.5) is 4.39 Å². The van der Waals surface area contributed by atoms with E-state index in [-0.39, 0.29) is 11.4 Å². The molecule has 0 spiro atoms. The molecule has 1 aromatic carbocycles. The Kier molecular flexibility index (Phi) is 4.74. The van der Waals surface area contributed by atoms with Crippen molar-refractivity contribution < 1.29 is 4.39 Å². The molecule has 2 heteroatoms. The highest BCUT2D eigenvalue weighted by molar-refractivity contribution is 5.34. The van der Waals surface area contributed by atoms with Gasteiger partial charge in [0.1, 0.15) is 11.9 Å². The predicted molar refractivity (Wildman–Crippen MR) is 75.2 cm³/mol. The molecule has 1 aliphatic carbocycles. The molecule has 1 aliphatic rings. The van der Waals surface area contributed by atoms with Crippen molar-refractivity contribution in [2.24, 2.45) is 5.92 Å². The summed E-state index contributed by atoms with van der Waals surface area (Å²) < 4.78 is 13.6. The number of nitrogens with zero attached hydrogens (tertiary/aromatic N) is 1. The SMILES string of the molecule is CC/C=C/[C@H]1CC[C@H](c2ccc(C#N)c(F)c2)CC1. The minimum absolute atomic E-state index is 0.142. The third-order valence-electron chi connectivity index (χ3n) is 4.00. The van der Waals surface area contributed by atoms with E-state index in [1.54, 1.807) is 12.1 Å². The van der Waals surface area contributed by atoms with Gasteiger partial charge in [-0.15, -0.1) is 0 Å². The molecular formula is C17H20FN. The monoisotopic (exact) mass is 257 g/mol. The second-order valence-electron chi connectivity index (χ2n) is 5.30. The highest BCUT2D eigenvalue weighted by Gasteiger charge is 2.21. The van der Waals surface area contributed by atoms with Crippen LogP contribution < -0.4 is 0 Å². The van der Waals surface area contributed by atoms with Gasteiger partial charge in [0.25, 0.3) is 0 Å². The summed E-state index contributed by atoms with van der Waals surface area (Å²) in [7, 11) is 0. The lowest BCUT2D eigenvalue weighted by Crippen LogP contribution is -2.12. The van der Waals surface area contributed by atoms with Gasteiger partial charge in [0.05, 0.1) is 5.56 Å². The van der Waals surface area contributed by atoms with Crippen LogP contribution in [0.2, 0.25) is 0 Å². The molecule has 2 rings (SSSR count). The smallest absolute Gasteiger partial charge is 0.141 e. The molecule has 0 aromatic heterocycles. The van der Waals surface area contributed by atoms with Crippen molar-refractivity contribution in [2.75, 3.05) is 0 Å². The van der Waals surface area contributed by atoms with Crippen LogP contribution in [0.1, 0.15) is 56.1 Å². The normalized spacial score (nSPS) is 23.4. The zero-order valence-electron chi connectivity index (χ0n) is 11.4. The number of hydrogen-bond acceptors (Lipinski definition) is 1. The number of allylic oxidation sites excluding steroid dienone is 2. The average Bonchev–Trinajstić information content (AvgIpc) is 2.45. The molecule has 0 radical (unpaired) electrons. The van der Waals surface area contributed by atoms with E-state index in [1.165, 1.54) is 12.8 Å². The van der Waals surface area contributed by atoms with E-state index < -0.39 is 0 Å². The molecule has 100 valence electrons. The highest BCUT2D eigenvalue weighted by Crippen LogP contribution is 2.36. The van der Waals surface area contributed by atoms with E-state index in [9.17, 15) is 4.39 Å². The fourth-order valence-corrected chi connectivity index (χ4v) is 2.85. The van der Waals surface area contributed by atoms with Crippen LogP contribution >= 0.6 is 0 Å².